The highest BCUT2D eigenvalue weighted by atomic mass is 32.2. The summed E-state index contributed by atoms with van der Waals surface area (Å²) in [6, 6.07) is 10.6. The van der Waals surface area contributed by atoms with Crippen LogP contribution in [-0.4, -0.2) is 39.7 Å². The van der Waals surface area contributed by atoms with Crippen LogP contribution in [0.1, 0.15) is 0 Å². The highest BCUT2D eigenvalue weighted by molar-refractivity contribution is 7.94. The van der Waals surface area contributed by atoms with Crippen LogP contribution in [0.15, 0.2) is 51.4 Å². The normalized spacial score (nSPS) is 15.2. The summed E-state index contributed by atoms with van der Waals surface area (Å²) >= 11 is 2.81. The summed E-state index contributed by atoms with van der Waals surface area (Å²) in [6.45, 7) is 3.18. The number of hydrogen-bond acceptors (Lipinski definition) is 7. The van der Waals surface area contributed by atoms with Crippen LogP contribution in [-0.2, 0) is 14.8 Å². The van der Waals surface area contributed by atoms with E-state index in [-0.39, 0.29) is 0 Å². The van der Waals surface area contributed by atoms with Gasteiger partial charge in [0.2, 0.25) is 0 Å². The Morgan fingerprint density at radius 1 is 1.08 bits per heavy atom. The highest BCUT2D eigenvalue weighted by Gasteiger charge is 2.17. The van der Waals surface area contributed by atoms with Crippen molar-refractivity contribution in [2.45, 2.75) is 4.21 Å². The Morgan fingerprint density at radius 3 is 2.54 bits per heavy atom. The van der Waals surface area contributed by atoms with Gasteiger partial charge < -0.3 is 9.64 Å². The van der Waals surface area contributed by atoms with Crippen LogP contribution in [0.5, 0.6) is 0 Å². The van der Waals surface area contributed by atoms with Gasteiger partial charge in [0, 0.05) is 29.7 Å². The van der Waals surface area contributed by atoms with Gasteiger partial charge in [0.25, 0.3) is 10.0 Å². The van der Waals surface area contributed by atoms with Gasteiger partial charge in [-0.05, 0) is 23.6 Å². The quantitative estimate of drug-likeness (QED) is 0.701. The molecule has 1 fully saturated rings. The summed E-state index contributed by atoms with van der Waals surface area (Å²) in [5.74, 6) is 0. The Kier molecular flexibility index (Phi) is 4.94. The van der Waals surface area contributed by atoms with E-state index >= 15 is 0 Å². The van der Waals surface area contributed by atoms with Gasteiger partial charge in [-0.1, -0.05) is 18.2 Å². The molecule has 6 nitrogen and oxygen atoms in total. The van der Waals surface area contributed by atoms with Crippen LogP contribution in [0.3, 0.4) is 0 Å². The number of aromatic nitrogens is 1. The molecule has 136 valence electrons. The first-order valence-electron chi connectivity index (χ1n) is 8.07. The van der Waals surface area contributed by atoms with Gasteiger partial charge in [-0.3, -0.25) is 4.72 Å². The Bertz CT molecular complexity index is 960. The molecular formula is C17H17N3O3S3. The van der Waals surface area contributed by atoms with Crippen molar-refractivity contribution in [2.24, 2.45) is 0 Å². The van der Waals surface area contributed by atoms with E-state index in [9.17, 15) is 8.42 Å². The molecule has 1 saturated heterocycles. The maximum Gasteiger partial charge on any atom is 0.271 e. The van der Waals surface area contributed by atoms with Crippen LogP contribution in [0.25, 0.3) is 11.3 Å². The molecule has 0 bridgehead atoms. The molecule has 1 aliphatic rings. The standard InChI is InChI=1S/C17H17N3O3S3/c21-26(22,16-2-1-11-24-16)19-14-5-3-13(4-6-14)15-12-25-17(18-15)20-7-9-23-10-8-20/h1-6,11-12,19H,7-10H2. The maximum absolute atomic E-state index is 12.3. The predicted octanol–water partition coefficient (Wildman–Crippen LogP) is 3.51. The number of nitrogens with zero attached hydrogens (tertiary/aromatic N) is 2. The molecular weight excluding hydrogens is 390 g/mol. The van der Waals surface area contributed by atoms with E-state index in [4.69, 9.17) is 9.72 Å². The first-order chi connectivity index (χ1) is 12.6. The number of sulfonamides is 1. The van der Waals surface area contributed by atoms with E-state index in [2.05, 4.69) is 9.62 Å². The third-order valence-corrected chi connectivity index (χ3v) is 7.65. The van der Waals surface area contributed by atoms with Gasteiger partial charge in [-0.2, -0.15) is 0 Å². The third kappa shape index (κ3) is 3.75. The molecule has 1 aliphatic heterocycles. The Labute approximate surface area is 160 Å². The van der Waals surface area contributed by atoms with Gasteiger partial charge in [0.1, 0.15) is 4.21 Å². The number of ether oxygens (including phenoxy) is 1. The van der Waals surface area contributed by atoms with E-state index in [0.29, 0.717) is 9.90 Å². The van der Waals surface area contributed by atoms with Crippen LogP contribution < -0.4 is 9.62 Å². The fourth-order valence-corrected chi connectivity index (χ4v) is 5.57. The fourth-order valence-electron chi connectivity index (χ4n) is 2.63. The summed E-state index contributed by atoms with van der Waals surface area (Å²) < 4.78 is 32.8. The summed E-state index contributed by atoms with van der Waals surface area (Å²) in [5, 5.41) is 4.76. The minimum atomic E-state index is -3.52. The molecule has 0 aliphatic carbocycles. The van der Waals surface area contributed by atoms with E-state index in [0.717, 1.165) is 42.7 Å². The van der Waals surface area contributed by atoms with Crippen LogP contribution >= 0.6 is 22.7 Å². The maximum atomic E-state index is 12.3. The summed E-state index contributed by atoms with van der Waals surface area (Å²) in [5.41, 5.74) is 2.38. The van der Waals surface area contributed by atoms with Crippen molar-refractivity contribution in [1.29, 1.82) is 0 Å². The second kappa shape index (κ2) is 7.36. The first kappa shape index (κ1) is 17.5. The second-order valence-corrected chi connectivity index (χ2v) is 9.42. The smallest absolute Gasteiger partial charge is 0.271 e. The summed E-state index contributed by atoms with van der Waals surface area (Å²) in [7, 11) is -3.52. The van der Waals surface area contributed by atoms with E-state index in [1.807, 2.05) is 17.5 Å². The van der Waals surface area contributed by atoms with E-state index in [1.54, 1.807) is 41.0 Å². The van der Waals surface area contributed by atoms with Crippen LogP contribution in [0.2, 0.25) is 0 Å². The molecule has 1 N–H and O–H groups in total. The molecule has 9 heteroatoms. The average Bonchev–Trinajstić information content (AvgIpc) is 3.35. The molecule has 0 spiro atoms. The van der Waals surface area contributed by atoms with Gasteiger partial charge in [0.15, 0.2) is 5.13 Å². The van der Waals surface area contributed by atoms with Gasteiger partial charge in [0.05, 0.1) is 18.9 Å². The number of thiophene rings is 1. The van der Waals surface area contributed by atoms with Crippen molar-refractivity contribution in [1.82, 2.24) is 4.98 Å². The van der Waals surface area contributed by atoms with Crippen molar-refractivity contribution in [3.05, 3.63) is 47.2 Å². The molecule has 0 atom stereocenters. The molecule has 1 aromatic carbocycles. The Hall–Kier alpha value is -1.94. The number of anilines is 2. The molecule has 0 unspecified atom stereocenters. The monoisotopic (exact) mass is 407 g/mol. The van der Waals surface area contributed by atoms with E-state index in [1.165, 1.54) is 11.3 Å². The minimum Gasteiger partial charge on any atom is -0.378 e. The lowest BCUT2D eigenvalue weighted by Crippen LogP contribution is -2.36. The lowest BCUT2D eigenvalue weighted by Gasteiger charge is -2.26. The zero-order valence-electron chi connectivity index (χ0n) is 13.8. The molecule has 3 aromatic rings. The molecule has 4 rings (SSSR count). The third-order valence-electron chi connectivity index (χ3n) is 3.97. The lowest BCUT2D eigenvalue weighted by atomic mass is 10.1. The zero-order valence-corrected chi connectivity index (χ0v) is 16.2. The predicted molar refractivity (Wildman–Crippen MR) is 106 cm³/mol. The molecule has 0 radical (unpaired) electrons. The molecule has 0 amide bonds. The fraction of sp³-hybridized carbons (Fsp3) is 0.235. The minimum absolute atomic E-state index is 0.302. The largest absolute Gasteiger partial charge is 0.378 e. The number of nitrogens with one attached hydrogen (secondary N) is 1. The molecule has 26 heavy (non-hydrogen) atoms. The number of morpholine rings is 1. The summed E-state index contributed by atoms with van der Waals surface area (Å²) in [4.78, 5) is 6.92. The average molecular weight is 408 g/mol. The van der Waals surface area contributed by atoms with Gasteiger partial charge >= 0.3 is 0 Å². The molecule has 0 saturated carbocycles. The number of rotatable bonds is 5. The van der Waals surface area contributed by atoms with Crippen molar-refractivity contribution in [2.75, 3.05) is 35.9 Å². The zero-order chi connectivity index (χ0) is 18.0. The van der Waals surface area contributed by atoms with Gasteiger partial charge in [-0.25, -0.2) is 13.4 Å². The van der Waals surface area contributed by atoms with Gasteiger partial charge in [-0.15, -0.1) is 22.7 Å². The second-order valence-electron chi connectivity index (χ2n) is 5.73. The summed E-state index contributed by atoms with van der Waals surface area (Å²) in [6.07, 6.45) is 0. The Balaban J connectivity index is 1.49. The SMILES string of the molecule is O=S(=O)(Nc1ccc(-c2csc(N3CCOCC3)n2)cc1)c1cccs1. The highest BCUT2D eigenvalue weighted by Crippen LogP contribution is 2.29. The van der Waals surface area contributed by atoms with Crippen molar-refractivity contribution < 1.29 is 13.2 Å². The van der Waals surface area contributed by atoms with Crippen molar-refractivity contribution in [3.63, 3.8) is 0 Å². The lowest BCUT2D eigenvalue weighted by molar-refractivity contribution is 0.122. The first-order valence-corrected chi connectivity index (χ1v) is 11.3. The molecule has 3 heterocycles. The van der Waals surface area contributed by atoms with E-state index < -0.39 is 10.0 Å². The number of benzene rings is 1. The van der Waals surface area contributed by atoms with Crippen LogP contribution in [0, 0.1) is 0 Å². The number of thiazole rings is 1. The number of hydrogen-bond donors (Lipinski definition) is 1. The topological polar surface area (TPSA) is 71.5 Å². The molecule has 2 aromatic heterocycles. The van der Waals surface area contributed by atoms with Crippen molar-refractivity contribution >= 4 is 43.5 Å². The van der Waals surface area contributed by atoms with Crippen molar-refractivity contribution in [3.8, 4) is 11.3 Å². The van der Waals surface area contributed by atoms with Crippen LogP contribution in [0.4, 0.5) is 10.8 Å². The Morgan fingerprint density at radius 2 is 1.85 bits per heavy atom.